The fraction of sp³-hybridized carbons (Fsp3) is 0. The first kappa shape index (κ1) is 26.4. The largest absolute Gasteiger partial charge is 0.299 e. The molecule has 3 aromatic heterocycles. The van der Waals surface area contributed by atoms with Crippen LogP contribution in [-0.2, 0) is 0 Å². The van der Waals surface area contributed by atoms with Gasteiger partial charge in [-0.05, 0) is 29.3 Å². The van der Waals surface area contributed by atoms with Crippen LogP contribution >= 0.6 is 0 Å². The monoisotopic (exact) mass is 577 g/mol. The van der Waals surface area contributed by atoms with E-state index in [1.54, 1.807) is 0 Å². The predicted octanol–water partition coefficient (Wildman–Crippen LogP) is 9.52. The summed E-state index contributed by atoms with van der Waals surface area (Å²) in [7, 11) is 0. The zero-order chi connectivity index (χ0) is 30.0. The van der Waals surface area contributed by atoms with Crippen molar-refractivity contribution < 1.29 is 0 Å². The average molecular weight is 578 g/mol. The molecule has 212 valence electrons. The number of benzene rings is 5. The van der Waals surface area contributed by atoms with Crippen molar-refractivity contribution in [1.82, 2.24) is 24.3 Å². The molecular formula is C40H27N5. The van der Waals surface area contributed by atoms with E-state index in [1.807, 2.05) is 84.9 Å². The van der Waals surface area contributed by atoms with Crippen LogP contribution < -0.4 is 0 Å². The summed E-state index contributed by atoms with van der Waals surface area (Å²) in [5, 5.41) is 0. The van der Waals surface area contributed by atoms with Crippen LogP contribution in [0.15, 0.2) is 164 Å². The lowest BCUT2D eigenvalue weighted by molar-refractivity contribution is 1.07. The molecule has 5 aromatic carbocycles. The lowest BCUT2D eigenvalue weighted by Crippen LogP contribution is -2.00. The molecule has 0 saturated carbocycles. The van der Waals surface area contributed by atoms with Crippen molar-refractivity contribution in [3.63, 3.8) is 0 Å². The zero-order valence-corrected chi connectivity index (χ0v) is 24.3. The van der Waals surface area contributed by atoms with Crippen molar-refractivity contribution in [2.45, 2.75) is 0 Å². The Morgan fingerprint density at radius 3 is 1.40 bits per heavy atom. The molecule has 5 nitrogen and oxygen atoms in total. The maximum absolute atomic E-state index is 5.05. The Bertz CT molecular complexity index is 2180. The van der Waals surface area contributed by atoms with Crippen molar-refractivity contribution in [2.24, 2.45) is 0 Å². The van der Waals surface area contributed by atoms with Crippen molar-refractivity contribution in [3.05, 3.63) is 164 Å². The Morgan fingerprint density at radius 1 is 0.333 bits per heavy atom. The lowest BCUT2D eigenvalue weighted by atomic mass is 9.98. The molecule has 0 aliphatic carbocycles. The summed E-state index contributed by atoms with van der Waals surface area (Å²) < 4.78 is 2.16. The Hall–Kier alpha value is -6.20. The van der Waals surface area contributed by atoms with Gasteiger partial charge >= 0.3 is 0 Å². The number of nitrogens with zero attached hydrogens (tertiary/aromatic N) is 5. The summed E-state index contributed by atoms with van der Waals surface area (Å²) >= 11 is 0. The molecular weight excluding hydrogens is 550 g/mol. The van der Waals surface area contributed by atoms with E-state index >= 15 is 0 Å². The van der Waals surface area contributed by atoms with Gasteiger partial charge < -0.3 is 0 Å². The molecule has 0 aliphatic rings. The van der Waals surface area contributed by atoms with E-state index < -0.39 is 0 Å². The summed E-state index contributed by atoms with van der Waals surface area (Å²) in [6, 6.07) is 53.7. The standard InChI is InChI=1S/C40H27N5/c1-4-13-29(14-5-1)37-36(41-35-21-10-11-26-45(35)37)34-20-12-19-33(27-34)28-22-24-32(25-23-28)40-43-38(30-15-6-2-7-16-30)42-39(44-40)31-17-8-3-9-18-31/h1-27H. The highest BCUT2D eigenvalue weighted by Crippen LogP contribution is 2.35. The van der Waals surface area contributed by atoms with E-state index in [0.717, 1.165) is 56.0 Å². The SMILES string of the molecule is c1ccc(-c2nc(-c3ccccc3)nc(-c3ccc(-c4cccc(-c5nc6ccccn6c5-c5ccccc5)c4)cc3)n2)cc1. The van der Waals surface area contributed by atoms with Crippen LogP contribution in [0.2, 0.25) is 0 Å². The van der Waals surface area contributed by atoms with Gasteiger partial charge in [-0.25, -0.2) is 19.9 Å². The van der Waals surface area contributed by atoms with Gasteiger partial charge in [0.05, 0.1) is 11.4 Å². The molecule has 0 spiro atoms. The van der Waals surface area contributed by atoms with E-state index in [2.05, 4.69) is 83.4 Å². The summed E-state index contributed by atoms with van der Waals surface area (Å²) in [5.74, 6) is 1.94. The molecule has 0 aliphatic heterocycles. The first-order chi connectivity index (χ1) is 22.3. The third-order valence-corrected chi connectivity index (χ3v) is 7.89. The molecule has 8 aromatic rings. The summed E-state index contributed by atoms with van der Waals surface area (Å²) in [6.45, 7) is 0. The van der Waals surface area contributed by atoms with Gasteiger partial charge in [0, 0.05) is 34.0 Å². The molecule has 0 unspecified atom stereocenters. The van der Waals surface area contributed by atoms with E-state index in [-0.39, 0.29) is 0 Å². The fourth-order valence-corrected chi connectivity index (χ4v) is 5.66. The highest BCUT2D eigenvalue weighted by molar-refractivity contribution is 5.84. The normalized spacial score (nSPS) is 11.1. The van der Waals surface area contributed by atoms with Crippen LogP contribution in [0.25, 0.3) is 73.5 Å². The van der Waals surface area contributed by atoms with Gasteiger partial charge in [-0.15, -0.1) is 0 Å². The molecule has 0 saturated heterocycles. The second kappa shape index (κ2) is 11.5. The minimum atomic E-state index is 0.639. The number of imidazole rings is 1. The third kappa shape index (κ3) is 5.17. The first-order valence-electron chi connectivity index (χ1n) is 14.9. The van der Waals surface area contributed by atoms with Gasteiger partial charge in [-0.1, -0.05) is 140 Å². The van der Waals surface area contributed by atoms with Crippen molar-refractivity contribution in [2.75, 3.05) is 0 Å². The molecule has 3 heterocycles. The van der Waals surface area contributed by atoms with Gasteiger partial charge in [0.2, 0.25) is 0 Å². The van der Waals surface area contributed by atoms with Crippen molar-refractivity contribution in [1.29, 1.82) is 0 Å². The molecule has 0 radical (unpaired) electrons. The average Bonchev–Trinajstić information content (AvgIpc) is 3.53. The maximum Gasteiger partial charge on any atom is 0.164 e. The van der Waals surface area contributed by atoms with Gasteiger partial charge in [0.1, 0.15) is 5.65 Å². The minimum absolute atomic E-state index is 0.639. The zero-order valence-electron chi connectivity index (χ0n) is 24.3. The van der Waals surface area contributed by atoms with Crippen molar-refractivity contribution >= 4 is 5.65 Å². The van der Waals surface area contributed by atoms with E-state index in [1.165, 1.54) is 0 Å². The Labute approximate surface area is 261 Å². The van der Waals surface area contributed by atoms with Gasteiger partial charge in [-0.3, -0.25) is 4.40 Å². The van der Waals surface area contributed by atoms with Crippen LogP contribution in [0.4, 0.5) is 0 Å². The smallest absolute Gasteiger partial charge is 0.164 e. The Balaban J connectivity index is 1.18. The number of aromatic nitrogens is 5. The van der Waals surface area contributed by atoms with Crippen LogP contribution in [0.1, 0.15) is 0 Å². The topological polar surface area (TPSA) is 56.0 Å². The Morgan fingerprint density at radius 2 is 0.800 bits per heavy atom. The van der Waals surface area contributed by atoms with E-state index in [0.29, 0.717) is 17.5 Å². The second-order valence-corrected chi connectivity index (χ2v) is 10.8. The fourth-order valence-electron chi connectivity index (χ4n) is 5.66. The maximum atomic E-state index is 5.05. The predicted molar refractivity (Wildman–Crippen MR) is 181 cm³/mol. The molecule has 0 bridgehead atoms. The molecule has 45 heavy (non-hydrogen) atoms. The second-order valence-electron chi connectivity index (χ2n) is 10.8. The molecule has 8 rings (SSSR count). The van der Waals surface area contributed by atoms with E-state index in [4.69, 9.17) is 19.9 Å². The number of pyridine rings is 1. The molecule has 0 N–H and O–H groups in total. The van der Waals surface area contributed by atoms with Crippen LogP contribution in [-0.4, -0.2) is 24.3 Å². The van der Waals surface area contributed by atoms with Gasteiger partial charge in [0.15, 0.2) is 17.5 Å². The summed E-state index contributed by atoms with van der Waals surface area (Å²) in [6.07, 6.45) is 2.07. The van der Waals surface area contributed by atoms with Gasteiger partial charge in [-0.2, -0.15) is 0 Å². The van der Waals surface area contributed by atoms with Crippen LogP contribution in [0.3, 0.4) is 0 Å². The van der Waals surface area contributed by atoms with Crippen LogP contribution in [0, 0.1) is 0 Å². The number of hydrogen-bond acceptors (Lipinski definition) is 4. The Kier molecular flexibility index (Phi) is 6.74. The summed E-state index contributed by atoms with van der Waals surface area (Å²) in [4.78, 5) is 19.6. The summed E-state index contributed by atoms with van der Waals surface area (Å²) in [5.41, 5.74) is 10.2. The molecule has 5 heteroatoms. The lowest BCUT2D eigenvalue weighted by Gasteiger charge is -2.10. The van der Waals surface area contributed by atoms with Crippen LogP contribution in [0.5, 0.6) is 0 Å². The number of fused-ring (bicyclic) bond motifs is 1. The number of rotatable bonds is 6. The third-order valence-electron chi connectivity index (χ3n) is 7.89. The highest BCUT2D eigenvalue weighted by atomic mass is 15.0. The van der Waals surface area contributed by atoms with E-state index in [9.17, 15) is 0 Å². The minimum Gasteiger partial charge on any atom is -0.299 e. The highest BCUT2D eigenvalue weighted by Gasteiger charge is 2.17. The van der Waals surface area contributed by atoms with Crippen molar-refractivity contribution in [3.8, 4) is 67.8 Å². The first-order valence-corrected chi connectivity index (χ1v) is 14.9. The number of hydrogen-bond donors (Lipinski definition) is 0. The molecule has 0 atom stereocenters. The molecule has 0 amide bonds. The van der Waals surface area contributed by atoms with Gasteiger partial charge in [0.25, 0.3) is 0 Å². The molecule has 0 fully saturated rings. The quantitative estimate of drug-likeness (QED) is 0.197.